The Balaban J connectivity index is 1.51. The third kappa shape index (κ3) is 5.39. The summed E-state index contributed by atoms with van der Waals surface area (Å²) >= 11 is 0. The van der Waals surface area contributed by atoms with Crippen LogP contribution in [0, 0.1) is 13.8 Å². The number of amides is 1. The zero-order chi connectivity index (χ0) is 25.2. The van der Waals surface area contributed by atoms with Crippen LogP contribution in [-0.2, 0) is 20.0 Å². The molecule has 10 heteroatoms. The highest BCUT2D eigenvalue weighted by atomic mass is 32.2. The topological polar surface area (TPSA) is 113 Å². The molecular weight excluding hydrogens is 486 g/mol. The third-order valence-electron chi connectivity index (χ3n) is 5.97. The Morgan fingerprint density at radius 1 is 0.800 bits per heavy atom. The Kier molecular flexibility index (Phi) is 6.98. The molecule has 8 nitrogen and oxygen atoms in total. The summed E-state index contributed by atoms with van der Waals surface area (Å²) in [5, 5.41) is 2.72. The molecule has 4 rings (SSSR count). The summed E-state index contributed by atoms with van der Waals surface area (Å²) in [5.41, 5.74) is 2.54. The van der Waals surface area contributed by atoms with E-state index in [1.54, 1.807) is 25.1 Å². The van der Waals surface area contributed by atoms with E-state index in [2.05, 4.69) is 10.0 Å². The minimum atomic E-state index is -3.80. The van der Waals surface area contributed by atoms with E-state index in [1.165, 1.54) is 40.7 Å². The largest absolute Gasteiger partial charge is 0.322 e. The monoisotopic (exact) mass is 513 g/mol. The molecule has 0 radical (unpaired) electrons. The summed E-state index contributed by atoms with van der Waals surface area (Å²) in [6, 6.07) is 17.4. The second kappa shape index (κ2) is 9.80. The predicted octanol–water partition coefficient (Wildman–Crippen LogP) is 4.14. The van der Waals surface area contributed by atoms with E-state index in [0.29, 0.717) is 30.0 Å². The number of sulfonamides is 2. The number of hydrogen-bond acceptors (Lipinski definition) is 5. The van der Waals surface area contributed by atoms with Crippen molar-refractivity contribution in [3.05, 3.63) is 83.4 Å². The van der Waals surface area contributed by atoms with Gasteiger partial charge in [-0.05, 0) is 80.3 Å². The highest BCUT2D eigenvalue weighted by Crippen LogP contribution is 2.25. The Morgan fingerprint density at radius 3 is 2.09 bits per heavy atom. The number of para-hydroxylation sites is 1. The van der Waals surface area contributed by atoms with E-state index in [4.69, 9.17) is 0 Å². The fourth-order valence-electron chi connectivity index (χ4n) is 3.89. The van der Waals surface area contributed by atoms with Gasteiger partial charge in [0.25, 0.3) is 15.9 Å². The smallest absolute Gasteiger partial charge is 0.261 e. The molecule has 1 aliphatic heterocycles. The molecule has 184 valence electrons. The molecule has 0 unspecified atom stereocenters. The first-order chi connectivity index (χ1) is 16.6. The van der Waals surface area contributed by atoms with Crippen LogP contribution in [0.4, 0.5) is 11.4 Å². The van der Waals surface area contributed by atoms with E-state index in [9.17, 15) is 21.6 Å². The zero-order valence-electron chi connectivity index (χ0n) is 19.5. The van der Waals surface area contributed by atoms with Gasteiger partial charge in [0, 0.05) is 24.3 Å². The van der Waals surface area contributed by atoms with Crippen LogP contribution in [0.1, 0.15) is 34.3 Å². The molecule has 0 atom stereocenters. The van der Waals surface area contributed by atoms with Crippen molar-refractivity contribution in [3.63, 3.8) is 0 Å². The number of hydrogen-bond donors (Lipinski definition) is 2. The molecule has 0 bridgehead atoms. The Labute approximate surface area is 206 Å². The van der Waals surface area contributed by atoms with Gasteiger partial charge in [0.15, 0.2) is 0 Å². The lowest BCUT2D eigenvalue weighted by Crippen LogP contribution is -2.28. The highest BCUT2D eigenvalue weighted by molar-refractivity contribution is 7.92. The van der Waals surface area contributed by atoms with Crippen molar-refractivity contribution < 1.29 is 21.6 Å². The maximum atomic E-state index is 12.9. The van der Waals surface area contributed by atoms with Gasteiger partial charge in [-0.3, -0.25) is 9.52 Å². The molecular formula is C25H27N3O5S2. The van der Waals surface area contributed by atoms with Crippen LogP contribution in [-0.4, -0.2) is 40.1 Å². The molecule has 1 amide bonds. The van der Waals surface area contributed by atoms with Gasteiger partial charge < -0.3 is 5.32 Å². The summed E-state index contributed by atoms with van der Waals surface area (Å²) in [5.74, 6) is -0.477. The standard InChI is InChI=1S/C25H27N3O5S2/c1-18-9-12-22(35(32,33)28-15-5-6-16-28)17-23(18)25(29)26-20-10-13-21(14-11-20)34(30,31)27-24-8-4-3-7-19(24)2/h3-4,7-14,17,27H,5-6,15-16H2,1-2H3,(H,26,29). The molecule has 1 fully saturated rings. The molecule has 2 N–H and O–H groups in total. The van der Waals surface area contributed by atoms with Crippen molar-refractivity contribution in [2.24, 2.45) is 0 Å². The highest BCUT2D eigenvalue weighted by Gasteiger charge is 2.28. The summed E-state index contributed by atoms with van der Waals surface area (Å²) in [7, 11) is -7.46. The number of aryl methyl sites for hydroxylation is 2. The quantitative estimate of drug-likeness (QED) is 0.493. The van der Waals surface area contributed by atoms with Crippen LogP contribution in [0.3, 0.4) is 0 Å². The van der Waals surface area contributed by atoms with Gasteiger partial charge in [0.1, 0.15) is 0 Å². The van der Waals surface area contributed by atoms with Gasteiger partial charge in [-0.25, -0.2) is 16.8 Å². The van der Waals surface area contributed by atoms with Gasteiger partial charge in [0.05, 0.1) is 15.5 Å². The van der Waals surface area contributed by atoms with Crippen LogP contribution < -0.4 is 10.0 Å². The van der Waals surface area contributed by atoms with Crippen molar-refractivity contribution in [3.8, 4) is 0 Å². The van der Waals surface area contributed by atoms with Crippen LogP contribution in [0.5, 0.6) is 0 Å². The lowest BCUT2D eigenvalue weighted by atomic mass is 10.1. The number of rotatable bonds is 7. The van der Waals surface area contributed by atoms with Crippen molar-refractivity contribution in [1.82, 2.24) is 4.31 Å². The average molecular weight is 514 g/mol. The van der Waals surface area contributed by atoms with Crippen LogP contribution >= 0.6 is 0 Å². The first-order valence-electron chi connectivity index (χ1n) is 11.2. The summed E-state index contributed by atoms with van der Waals surface area (Å²) < 4.78 is 55.3. The Bertz CT molecular complexity index is 1460. The zero-order valence-corrected chi connectivity index (χ0v) is 21.1. The molecule has 3 aromatic rings. The molecule has 35 heavy (non-hydrogen) atoms. The number of nitrogens with one attached hydrogen (secondary N) is 2. The van der Waals surface area contributed by atoms with Crippen molar-refractivity contribution in [2.45, 2.75) is 36.5 Å². The van der Waals surface area contributed by atoms with Crippen LogP contribution in [0.25, 0.3) is 0 Å². The lowest BCUT2D eigenvalue weighted by molar-refractivity contribution is 0.102. The first-order valence-corrected chi connectivity index (χ1v) is 14.1. The first kappa shape index (κ1) is 24.9. The molecule has 0 aromatic heterocycles. The van der Waals surface area contributed by atoms with E-state index >= 15 is 0 Å². The number of carbonyl (C=O) groups excluding carboxylic acids is 1. The van der Waals surface area contributed by atoms with Crippen LogP contribution in [0.2, 0.25) is 0 Å². The predicted molar refractivity (Wildman–Crippen MR) is 136 cm³/mol. The van der Waals surface area contributed by atoms with E-state index in [1.807, 2.05) is 19.1 Å². The Hall–Kier alpha value is -3.21. The molecule has 3 aromatic carbocycles. The fourth-order valence-corrected chi connectivity index (χ4v) is 6.57. The number of nitrogens with zero attached hydrogens (tertiary/aromatic N) is 1. The number of anilines is 2. The number of carbonyl (C=O) groups is 1. The van der Waals surface area contributed by atoms with Gasteiger partial charge in [0.2, 0.25) is 10.0 Å². The lowest BCUT2D eigenvalue weighted by Gasteiger charge is -2.17. The van der Waals surface area contributed by atoms with Crippen molar-refractivity contribution in [1.29, 1.82) is 0 Å². The van der Waals surface area contributed by atoms with Crippen molar-refractivity contribution >= 4 is 37.3 Å². The SMILES string of the molecule is Cc1ccccc1NS(=O)(=O)c1ccc(NC(=O)c2cc(S(=O)(=O)N3CCCC3)ccc2C)cc1. The molecule has 0 spiro atoms. The summed E-state index contributed by atoms with van der Waals surface area (Å²) in [4.78, 5) is 13.1. The molecule has 0 aliphatic carbocycles. The fraction of sp³-hybridized carbons (Fsp3) is 0.240. The van der Waals surface area contributed by atoms with Gasteiger partial charge >= 0.3 is 0 Å². The second-order valence-corrected chi connectivity index (χ2v) is 12.1. The minimum absolute atomic E-state index is 0.0497. The van der Waals surface area contributed by atoms with E-state index < -0.39 is 26.0 Å². The number of benzene rings is 3. The van der Waals surface area contributed by atoms with Gasteiger partial charge in [-0.1, -0.05) is 24.3 Å². The van der Waals surface area contributed by atoms with E-state index in [0.717, 1.165) is 18.4 Å². The summed E-state index contributed by atoms with van der Waals surface area (Å²) in [6.07, 6.45) is 1.65. The average Bonchev–Trinajstić information content (AvgIpc) is 3.37. The molecule has 0 saturated carbocycles. The maximum absolute atomic E-state index is 12.9. The van der Waals surface area contributed by atoms with Crippen molar-refractivity contribution in [2.75, 3.05) is 23.1 Å². The summed E-state index contributed by atoms with van der Waals surface area (Å²) in [6.45, 7) is 4.50. The Morgan fingerprint density at radius 2 is 1.43 bits per heavy atom. The second-order valence-electron chi connectivity index (χ2n) is 8.49. The minimum Gasteiger partial charge on any atom is -0.322 e. The molecule has 1 heterocycles. The van der Waals surface area contributed by atoms with Crippen LogP contribution in [0.15, 0.2) is 76.5 Å². The maximum Gasteiger partial charge on any atom is 0.261 e. The normalized spacial score (nSPS) is 14.6. The van der Waals surface area contributed by atoms with E-state index in [-0.39, 0.29) is 15.4 Å². The molecule has 1 saturated heterocycles. The molecule has 1 aliphatic rings. The van der Waals surface area contributed by atoms with Gasteiger partial charge in [-0.15, -0.1) is 0 Å². The third-order valence-corrected chi connectivity index (χ3v) is 9.24. The van der Waals surface area contributed by atoms with Gasteiger partial charge in [-0.2, -0.15) is 4.31 Å².